The summed E-state index contributed by atoms with van der Waals surface area (Å²) in [6.45, 7) is 15.3. The number of likely N-dealkylation sites (tertiary alicyclic amines) is 1. The predicted octanol–water partition coefficient (Wildman–Crippen LogP) is 2.68. The second-order valence-electron chi connectivity index (χ2n) is 10.2. The molecule has 2 bridgehead atoms. The third-order valence-electron chi connectivity index (χ3n) is 7.74. The molecule has 3 aliphatic rings. The lowest BCUT2D eigenvalue weighted by Crippen LogP contribution is -2.61. The quantitative estimate of drug-likeness (QED) is 0.226. The molecule has 1 spiro atoms. The van der Waals surface area contributed by atoms with Crippen LogP contribution in [0, 0.1) is 17.8 Å². The lowest BCUT2D eigenvalue weighted by atomic mass is 9.70. The number of hydrogen-bond acceptors (Lipinski definition) is 6. The Bertz CT molecular complexity index is 850. The van der Waals surface area contributed by atoms with Crippen LogP contribution in [0.15, 0.2) is 25.3 Å². The van der Waals surface area contributed by atoms with E-state index in [0.717, 1.165) is 12.8 Å². The zero-order chi connectivity index (χ0) is 26.1. The number of fused-ring (bicyclic) bond motifs is 1. The number of carbonyl (C=O) groups excluding carboxylic acids is 3. The van der Waals surface area contributed by atoms with E-state index in [0.29, 0.717) is 13.0 Å². The zero-order valence-electron chi connectivity index (χ0n) is 21.2. The number of aliphatic hydroxyl groups excluding tert-OH is 1. The maximum absolute atomic E-state index is 14.3. The van der Waals surface area contributed by atoms with Gasteiger partial charge in [-0.05, 0) is 25.7 Å². The summed E-state index contributed by atoms with van der Waals surface area (Å²) in [5, 5.41) is 10.3. The van der Waals surface area contributed by atoms with Crippen LogP contribution in [0.5, 0.6) is 0 Å². The molecule has 0 saturated carbocycles. The summed E-state index contributed by atoms with van der Waals surface area (Å²) in [6.07, 6.45) is 4.69. The highest BCUT2D eigenvalue weighted by Gasteiger charge is 2.77. The van der Waals surface area contributed by atoms with Gasteiger partial charge in [-0.1, -0.05) is 61.9 Å². The van der Waals surface area contributed by atoms with E-state index in [-0.39, 0.29) is 41.8 Å². The largest absolute Gasteiger partial charge is 0.461 e. The van der Waals surface area contributed by atoms with Crippen molar-refractivity contribution < 1.29 is 29.0 Å². The van der Waals surface area contributed by atoms with E-state index in [4.69, 9.17) is 9.47 Å². The molecule has 3 rings (SSSR count). The number of aliphatic hydroxyl groups is 1. The van der Waals surface area contributed by atoms with Crippen molar-refractivity contribution in [3.05, 3.63) is 25.3 Å². The first-order valence-corrected chi connectivity index (χ1v) is 13.5. The normalized spacial score (nSPS) is 32.9. The number of hydrogen-bond donors (Lipinski definition) is 1. The molecule has 8 nitrogen and oxygen atoms in total. The molecular formula is C26H39BrN2O6. The number of halogens is 1. The highest BCUT2D eigenvalue weighted by Crippen LogP contribution is 2.61. The number of amides is 2. The first kappa shape index (κ1) is 27.9. The molecule has 9 heteroatoms. The van der Waals surface area contributed by atoms with Crippen LogP contribution in [-0.2, 0) is 23.9 Å². The van der Waals surface area contributed by atoms with Crippen LogP contribution in [0.4, 0.5) is 0 Å². The number of nitrogens with zero attached hydrogens (tertiary/aromatic N) is 2. The van der Waals surface area contributed by atoms with Crippen LogP contribution < -0.4 is 0 Å². The lowest BCUT2D eigenvalue weighted by molar-refractivity contribution is -0.156. The molecule has 8 atom stereocenters. The van der Waals surface area contributed by atoms with Crippen molar-refractivity contribution in [1.29, 1.82) is 0 Å². The zero-order valence-corrected chi connectivity index (χ0v) is 22.8. The molecule has 0 radical (unpaired) electrons. The molecule has 0 aromatic rings. The van der Waals surface area contributed by atoms with Crippen molar-refractivity contribution in [2.24, 2.45) is 17.8 Å². The van der Waals surface area contributed by atoms with Crippen LogP contribution in [0.25, 0.3) is 0 Å². The fourth-order valence-corrected chi connectivity index (χ4v) is 7.13. The highest BCUT2D eigenvalue weighted by atomic mass is 79.9. The van der Waals surface area contributed by atoms with Crippen molar-refractivity contribution in [2.75, 3.05) is 19.8 Å². The minimum atomic E-state index is -1.18. The van der Waals surface area contributed by atoms with Gasteiger partial charge in [0, 0.05) is 17.4 Å². The SMILES string of the molecule is C=CCOC(=O)[C@H]1[C@H]2C(=O)N([C@@H](CO)C(C)C)C(C(=O)N(CC=C)C(C)CCC)C23CC(Br)[C@@H]1O3. The van der Waals surface area contributed by atoms with Gasteiger partial charge in [0.25, 0.3) is 0 Å². The van der Waals surface area contributed by atoms with Gasteiger partial charge in [-0.25, -0.2) is 0 Å². The molecular weight excluding hydrogens is 516 g/mol. The van der Waals surface area contributed by atoms with Crippen LogP contribution in [0.3, 0.4) is 0 Å². The van der Waals surface area contributed by atoms with E-state index in [1.807, 2.05) is 20.8 Å². The van der Waals surface area contributed by atoms with Gasteiger partial charge in [0.2, 0.25) is 11.8 Å². The summed E-state index contributed by atoms with van der Waals surface area (Å²) in [5.41, 5.74) is -1.18. The van der Waals surface area contributed by atoms with Gasteiger partial charge in [0.05, 0.1) is 30.6 Å². The van der Waals surface area contributed by atoms with Crippen LogP contribution in [0.1, 0.15) is 47.0 Å². The molecule has 3 heterocycles. The fourth-order valence-electron chi connectivity index (χ4n) is 6.19. The Hall–Kier alpha value is -1.71. The van der Waals surface area contributed by atoms with E-state index in [1.165, 1.54) is 11.0 Å². The Morgan fingerprint density at radius 3 is 2.57 bits per heavy atom. The fraction of sp³-hybridized carbons (Fsp3) is 0.731. The summed E-state index contributed by atoms with van der Waals surface area (Å²) in [6, 6.07) is -1.62. The number of ether oxygens (including phenoxy) is 2. The number of carbonyl (C=O) groups is 3. The van der Waals surface area contributed by atoms with Crippen molar-refractivity contribution >= 4 is 33.7 Å². The second-order valence-corrected chi connectivity index (χ2v) is 11.4. The lowest BCUT2D eigenvalue weighted by Gasteiger charge is -2.41. The summed E-state index contributed by atoms with van der Waals surface area (Å²) in [5.74, 6) is -2.90. The standard InChI is InChI=1S/C26H39BrN2O6/c1-7-10-16(6)28(11-8-2)24(32)22-26-13-17(27)21(35-26)19(25(33)34-12-9-3)20(26)23(31)29(22)18(14-30)15(4)5/h8-9,15-22,30H,2-3,7,10-14H2,1,4-6H3/t16?,17?,18-,19-,20-,21-,22?,26?/m0/s1. The molecule has 196 valence electrons. The van der Waals surface area contributed by atoms with Crippen molar-refractivity contribution in [1.82, 2.24) is 9.80 Å². The van der Waals surface area contributed by atoms with Crippen molar-refractivity contribution in [3.8, 4) is 0 Å². The second kappa shape index (κ2) is 11.1. The average Bonchev–Trinajstić information content (AvgIpc) is 3.39. The van der Waals surface area contributed by atoms with Gasteiger partial charge < -0.3 is 24.4 Å². The highest BCUT2D eigenvalue weighted by molar-refractivity contribution is 9.09. The minimum absolute atomic E-state index is 0.0297. The van der Waals surface area contributed by atoms with Gasteiger partial charge in [-0.3, -0.25) is 14.4 Å². The number of alkyl halides is 1. The first-order valence-electron chi connectivity index (χ1n) is 12.5. The average molecular weight is 556 g/mol. The van der Waals surface area contributed by atoms with Crippen LogP contribution >= 0.6 is 15.9 Å². The molecule has 0 aliphatic carbocycles. The number of rotatable bonds is 12. The number of esters is 1. The molecule has 0 aromatic carbocycles. The molecule has 1 N–H and O–H groups in total. The third kappa shape index (κ3) is 4.60. The van der Waals surface area contributed by atoms with Gasteiger partial charge in [-0.2, -0.15) is 0 Å². The molecule has 35 heavy (non-hydrogen) atoms. The van der Waals surface area contributed by atoms with Crippen LogP contribution in [-0.4, -0.2) is 87.1 Å². The molecule has 3 aliphatic heterocycles. The maximum Gasteiger partial charge on any atom is 0.312 e. The van der Waals surface area contributed by atoms with E-state index in [2.05, 4.69) is 36.0 Å². The van der Waals surface area contributed by atoms with Crippen molar-refractivity contribution in [3.63, 3.8) is 0 Å². The Morgan fingerprint density at radius 1 is 1.34 bits per heavy atom. The van der Waals surface area contributed by atoms with Crippen LogP contribution in [0.2, 0.25) is 0 Å². The smallest absolute Gasteiger partial charge is 0.312 e. The summed E-state index contributed by atoms with van der Waals surface area (Å²) in [7, 11) is 0. The minimum Gasteiger partial charge on any atom is -0.461 e. The van der Waals surface area contributed by atoms with Gasteiger partial charge in [0.1, 0.15) is 18.2 Å². The molecule has 3 saturated heterocycles. The monoisotopic (exact) mass is 554 g/mol. The van der Waals surface area contributed by atoms with E-state index < -0.39 is 41.6 Å². The molecule has 4 unspecified atom stereocenters. The van der Waals surface area contributed by atoms with E-state index in [9.17, 15) is 19.5 Å². The van der Waals surface area contributed by atoms with E-state index >= 15 is 0 Å². The molecule has 2 amide bonds. The first-order chi connectivity index (χ1) is 16.6. The van der Waals surface area contributed by atoms with Gasteiger partial charge in [-0.15, -0.1) is 6.58 Å². The Labute approximate surface area is 216 Å². The summed E-state index contributed by atoms with van der Waals surface area (Å²) >= 11 is 3.65. The maximum atomic E-state index is 14.3. The summed E-state index contributed by atoms with van der Waals surface area (Å²) < 4.78 is 11.9. The van der Waals surface area contributed by atoms with Gasteiger partial charge in [0.15, 0.2) is 0 Å². The van der Waals surface area contributed by atoms with Crippen molar-refractivity contribution in [2.45, 2.75) is 81.6 Å². The van der Waals surface area contributed by atoms with E-state index in [1.54, 1.807) is 11.0 Å². The predicted molar refractivity (Wildman–Crippen MR) is 136 cm³/mol. The Kier molecular flexibility index (Phi) is 8.86. The topological polar surface area (TPSA) is 96.4 Å². The molecule has 0 aromatic heterocycles. The summed E-state index contributed by atoms with van der Waals surface area (Å²) in [4.78, 5) is 44.5. The Morgan fingerprint density at radius 2 is 2.03 bits per heavy atom. The Balaban J connectivity index is 2.13. The third-order valence-corrected chi connectivity index (χ3v) is 8.58. The van der Waals surface area contributed by atoms with Gasteiger partial charge >= 0.3 is 5.97 Å². The molecule has 3 fully saturated rings.